The molecule has 0 amide bonds. The maximum absolute atomic E-state index is 11.4. The molecule has 1 aromatic heterocycles. The van der Waals surface area contributed by atoms with Gasteiger partial charge >= 0.3 is 0 Å². The highest BCUT2D eigenvalue weighted by Crippen LogP contribution is 1.96. The summed E-state index contributed by atoms with van der Waals surface area (Å²) in [5, 5.41) is 0. The van der Waals surface area contributed by atoms with Gasteiger partial charge in [0.2, 0.25) is 0 Å². The molecule has 0 atom stereocenters. The first-order chi connectivity index (χ1) is 3.43. The number of aromatic nitrogens is 1. The molecule has 1 rings (SSSR count). The topological polar surface area (TPSA) is 15.8 Å². The number of halogens is 1. The molecule has 0 fully saturated rings. The maximum atomic E-state index is 11.4. The van der Waals surface area contributed by atoms with E-state index in [-0.39, 0.29) is 0 Å². The Morgan fingerprint density at radius 1 is 1.71 bits per heavy atom. The first-order valence-corrected chi connectivity index (χ1v) is 2.00. The van der Waals surface area contributed by atoms with E-state index in [1.165, 1.54) is 0 Å². The fourth-order valence-electron chi connectivity index (χ4n) is 0.412. The van der Waals surface area contributed by atoms with Crippen molar-refractivity contribution in [3.8, 4) is 0 Å². The Labute approximate surface area is 41.2 Å². The summed E-state index contributed by atoms with van der Waals surface area (Å²) >= 11 is 0. The van der Waals surface area contributed by atoms with Crippen molar-refractivity contribution in [2.45, 2.75) is 0 Å². The van der Waals surface area contributed by atoms with Crippen LogP contribution in [0.1, 0.15) is 5.69 Å². The van der Waals surface area contributed by atoms with Crippen LogP contribution in [-0.4, -0.2) is 4.98 Å². The summed E-state index contributed by atoms with van der Waals surface area (Å²) in [5.74, 6) is 0. The third kappa shape index (κ3) is 0.796. The molecule has 0 aromatic carbocycles. The van der Waals surface area contributed by atoms with Crippen LogP contribution in [-0.2, 0) is 0 Å². The summed E-state index contributed by atoms with van der Waals surface area (Å²) < 4.78 is 11.4. The van der Waals surface area contributed by atoms with Gasteiger partial charge in [-0.15, -0.1) is 0 Å². The highest BCUT2D eigenvalue weighted by atomic mass is 19.1. The molecule has 2 heteroatoms. The minimum Gasteiger partial charge on any atom is -0.363 e. The van der Waals surface area contributed by atoms with Crippen molar-refractivity contribution in [3.63, 3.8) is 0 Å². The van der Waals surface area contributed by atoms with Gasteiger partial charge < -0.3 is 4.98 Å². The molecule has 37 valence electrons. The lowest BCUT2D eigenvalue weighted by Gasteiger charge is -1.77. The minimum atomic E-state index is 0.514. The summed E-state index contributed by atoms with van der Waals surface area (Å²) in [7, 11) is 0. The van der Waals surface area contributed by atoms with Gasteiger partial charge in [-0.1, -0.05) is 0 Å². The van der Waals surface area contributed by atoms with Crippen molar-refractivity contribution in [2.75, 3.05) is 0 Å². The number of rotatable bonds is 1. The van der Waals surface area contributed by atoms with E-state index in [4.69, 9.17) is 0 Å². The number of H-pyrrole nitrogens is 1. The first kappa shape index (κ1) is 4.37. The standard InChI is InChI=1S/C5H5FN/c6-4-5-2-1-3-7-5/h1-4,7H. The van der Waals surface area contributed by atoms with E-state index < -0.39 is 0 Å². The molecular weight excluding hydrogens is 93.1 g/mol. The maximum Gasteiger partial charge on any atom is 0.176 e. The molecule has 0 bridgehead atoms. The quantitative estimate of drug-likeness (QED) is 0.547. The van der Waals surface area contributed by atoms with Crippen LogP contribution in [0.3, 0.4) is 0 Å². The van der Waals surface area contributed by atoms with Gasteiger partial charge in [-0.2, -0.15) is 0 Å². The van der Waals surface area contributed by atoms with Crippen molar-refractivity contribution in [3.05, 3.63) is 30.7 Å². The van der Waals surface area contributed by atoms with Crippen LogP contribution in [0, 0.1) is 6.67 Å². The molecule has 1 radical (unpaired) electrons. The third-order valence-corrected chi connectivity index (χ3v) is 0.740. The van der Waals surface area contributed by atoms with Crippen LogP contribution in [0.5, 0.6) is 0 Å². The zero-order chi connectivity index (χ0) is 5.11. The van der Waals surface area contributed by atoms with Gasteiger partial charge in [0.1, 0.15) is 0 Å². The van der Waals surface area contributed by atoms with Crippen LogP contribution in [0.25, 0.3) is 0 Å². The van der Waals surface area contributed by atoms with Crippen molar-refractivity contribution >= 4 is 0 Å². The van der Waals surface area contributed by atoms with Crippen molar-refractivity contribution in [2.24, 2.45) is 0 Å². The normalized spacial score (nSPS) is 9.29. The fourth-order valence-corrected chi connectivity index (χ4v) is 0.412. The molecule has 1 heterocycles. The molecule has 0 saturated heterocycles. The van der Waals surface area contributed by atoms with E-state index in [1.807, 2.05) is 0 Å². The van der Waals surface area contributed by atoms with Crippen LogP contribution in [0.15, 0.2) is 18.3 Å². The lowest BCUT2D eigenvalue weighted by molar-refractivity contribution is 0.639. The van der Waals surface area contributed by atoms with Crippen LogP contribution >= 0.6 is 0 Å². The van der Waals surface area contributed by atoms with Gasteiger partial charge in [0, 0.05) is 6.20 Å². The summed E-state index contributed by atoms with van der Waals surface area (Å²) in [5.41, 5.74) is 0.514. The van der Waals surface area contributed by atoms with Crippen molar-refractivity contribution < 1.29 is 4.39 Å². The van der Waals surface area contributed by atoms with Gasteiger partial charge in [-0.3, -0.25) is 0 Å². The largest absolute Gasteiger partial charge is 0.363 e. The number of hydrogen-bond acceptors (Lipinski definition) is 0. The number of hydrogen-bond donors (Lipinski definition) is 1. The average molecular weight is 98.1 g/mol. The van der Waals surface area contributed by atoms with Crippen molar-refractivity contribution in [1.29, 1.82) is 0 Å². The van der Waals surface area contributed by atoms with Gasteiger partial charge in [-0.05, 0) is 12.1 Å². The van der Waals surface area contributed by atoms with Gasteiger partial charge in [0.05, 0.1) is 5.69 Å². The van der Waals surface area contributed by atoms with E-state index in [2.05, 4.69) is 4.98 Å². The minimum absolute atomic E-state index is 0.514. The summed E-state index contributed by atoms with van der Waals surface area (Å²) in [6, 6.07) is 3.39. The van der Waals surface area contributed by atoms with E-state index >= 15 is 0 Å². The Morgan fingerprint density at radius 2 is 2.57 bits per heavy atom. The van der Waals surface area contributed by atoms with Crippen LogP contribution in [0.2, 0.25) is 0 Å². The molecule has 1 nitrogen and oxygen atoms in total. The zero-order valence-corrected chi connectivity index (χ0v) is 3.69. The predicted octanol–water partition coefficient (Wildman–Crippen LogP) is 1.49. The summed E-state index contributed by atoms with van der Waals surface area (Å²) in [6.07, 6.45) is 1.67. The average Bonchev–Trinajstić information content (AvgIpc) is 2.14. The van der Waals surface area contributed by atoms with Gasteiger partial charge in [0.15, 0.2) is 6.67 Å². The molecule has 7 heavy (non-hydrogen) atoms. The highest BCUT2D eigenvalue weighted by molar-refractivity contribution is 5.08. The Hall–Kier alpha value is -0.790. The lowest BCUT2D eigenvalue weighted by Crippen LogP contribution is -1.68. The van der Waals surface area contributed by atoms with Gasteiger partial charge in [-0.25, -0.2) is 4.39 Å². The Morgan fingerprint density at radius 3 is 2.86 bits per heavy atom. The molecule has 0 aliphatic rings. The fraction of sp³-hybridized carbons (Fsp3) is 0. The molecule has 0 saturated carbocycles. The van der Waals surface area contributed by atoms with E-state index in [9.17, 15) is 4.39 Å². The Balaban J connectivity index is 2.76. The highest BCUT2D eigenvalue weighted by Gasteiger charge is 1.85. The SMILES string of the molecule is F[CH]c1ccc[nH]1. The van der Waals surface area contributed by atoms with E-state index in [1.54, 1.807) is 18.3 Å². The number of nitrogens with one attached hydrogen (secondary N) is 1. The van der Waals surface area contributed by atoms with E-state index in [0.717, 1.165) is 0 Å². The molecule has 0 aliphatic carbocycles. The van der Waals surface area contributed by atoms with Crippen LogP contribution < -0.4 is 0 Å². The van der Waals surface area contributed by atoms with Gasteiger partial charge in [0.25, 0.3) is 0 Å². The molecular formula is C5H5FN. The molecule has 0 unspecified atom stereocenters. The second-order valence-corrected chi connectivity index (χ2v) is 1.23. The summed E-state index contributed by atoms with van der Waals surface area (Å²) in [4.78, 5) is 2.66. The molecule has 1 aromatic rings. The molecule has 0 aliphatic heterocycles. The second kappa shape index (κ2) is 1.78. The molecule has 1 N–H and O–H groups in total. The third-order valence-electron chi connectivity index (χ3n) is 0.740. The summed E-state index contributed by atoms with van der Waals surface area (Å²) in [6.45, 7) is 0.528. The Kier molecular flexibility index (Phi) is 1.11. The van der Waals surface area contributed by atoms with Crippen molar-refractivity contribution in [1.82, 2.24) is 4.98 Å². The predicted molar refractivity (Wildman–Crippen MR) is 25.3 cm³/mol. The zero-order valence-electron chi connectivity index (χ0n) is 3.69. The monoisotopic (exact) mass is 98.0 g/mol. The Bertz CT molecular complexity index is 123. The molecule has 0 spiro atoms. The lowest BCUT2D eigenvalue weighted by atomic mass is 10.5. The first-order valence-electron chi connectivity index (χ1n) is 2.00. The number of aromatic amines is 1. The van der Waals surface area contributed by atoms with E-state index in [0.29, 0.717) is 12.4 Å². The van der Waals surface area contributed by atoms with Crippen LogP contribution in [0.4, 0.5) is 4.39 Å². The second-order valence-electron chi connectivity index (χ2n) is 1.23. The smallest absolute Gasteiger partial charge is 0.176 e.